The molecule has 1 aliphatic heterocycles. The molecule has 2 atom stereocenters. The van der Waals surface area contributed by atoms with Crippen molar-refractivity contribution in [3.8, 4) is 23.0 Å². The van der Waals surface area contributed by atoms with Crippen LogP contribution in [-0.4, -0.2) is 31.1 Å². The molecule has 0 aliphatic carbocycles. The second-order valence-corrected chi connectivity index (χ2v) is 7.76. The first-order valence-electron chi connectivity index (χ1n) is 11.3. The van der Waals surface area contributed by atoms with Gasteiger partial charge < -0.3 is 19.3 Å². The zero-order chi connectivity index (χ0) is 23.2. The molecule has 0 saturated carbocycles. The van der Waals surface area contributed by atoms with Crippen molar-refractivity contribution in [1.29, 1.82) is 0 Å². The standard InChI is InChI=1S/C27H30N2O4/c1-4-32-20-14-12-18(13-15-20)23-17-24(22-10-7-11-25(26(22)30)33-5-2)29-27(28-23)19-8-6-9-21(16-19)31-3/h6-16,24,27,29-30H,4-5,17H2,1-3H3/t24-,27+/m0/s1. The zero-order valence-electron chi connectivity index (χ0n) is 19.2. The summed E-state index contributed by atoms with van der Waals surface area (Å²) in [5.74, 6) is 2.25. The van der Waals surface area contributed by atoms with Gasteiger partial charge in [0.05, 0.1) is 20.3 Å². The zero-order valence-corrected chi connectivity index (χ0v) is 19.2. The molecule has 1 aliphatic rings. The van der Waals surface area contributed by atoms with Crippen molar-refractivity contribution in [2.75, 3.05) is 20.3 Å². The molecule has 3 aromatic rings. The number of ether oxygens (including phenoxy) is 3. The van der Waals surface area contributed by atoms with E-state index in [1.54, 1.807) is 13.2 Å². The minimum atomic E-state index is -0.296. The van der Waals surface area contributed by atoms with E-state index in [1.165, 1.54) is 0 Å². The first-order valence-corrected chi connectivity index (χ1v) is 11.3. The SMILES string of the molecule is CCOc1ccc(C2=N[C@@H](c3cccc(OC)c3)N[C@H](c3cccc(OCC)c3O)C2)cc1. The van der Waals surface area contributed by atoms with E-state index in [0.717, 1.165) is 33.9 Å². The van der Waals surface area contributed by atoms with Crippen LogP contribution in [0.3, 0.4) is 0 Å². The third kappa shape index (κ3) is 5.12. The van der Waals surface area contributed by atoms with Crippen molar-refractivity contribution in [3.05, 3.63) is 83.4 Å². The van der Waals surface area contributed by atoms with Gasteiger partial charge in [0.25, 0.3) is 0 Å². The van der Waals surface area contributed by atoms with Crippen molar-refractivity contribution in [2.24, 2.45) is 4.99 Å². The molecule has 0 bridgehead atoms. The Hall–Kier alpha value is -3.51. The highest BCUT2D eigenvalue weighted by molar-refractivity contribution is 6.01. The van der Waals surface area contributed by atoms with Crippen LogP contribution >= 0.6 is 0 Å². The molecular formula is C27H30N2O4. The Morgan fingerprint density at radius 2 is 1.70 bits per heavy atom. The highest BCUT2D eigenvalue weighted by atomic mass is 16.5. The van der Waals surface area contributed by atoms with E-state index in [0.29, 0.717) is 25.4 Å². The van der Waals surface area contributed by atoms with Crippen molar-refractivity contribution in [3.63, 3.8) is 0 Å². The van der Waals surface area contributed by atoms with Crippen LogP contribution in [0.15, 0.2) is 71.7 Å². The monoisotopic (exact) mass is 446 g/mol. The Kier molecular flexibility index (Phi) is 7.15. The highest BCUT2D eigenvalue weighted by Gasteiger charge is 2.28. The molecule has 3 aromatic carbocycles. The van der Waals surface area contributed by atoms with Crippen LogP contribution in [0, 0.1) is 0 Å². The van der Waals surface area contributed by atoms with Crippen molar-refractivity contribution in [2.45, 2.75) is 32.5 Å². The number of hydrogen-bond donors (Lipinski definition) is 2. The lowest BCUT2D eigenvalue weighted by Gasteiger charge is -2.31. The average Bonchev–Trinajstić information content (AvgIpc) is 2.86. The quantitative estimate of drug-likeness (QED) is 0.483. The van der Waals surface area contributed by atoms with Crippen LogP contribution in [0.1, 0.15) is 49.2 Å². The molecule has 4 rings (SSSR count). The number of hydrogen-bond acceptors (Lipinski definition) is 6. The van der Waals surface area contributed by atoms with Crippen LogP contribution in [0.4, 0.5) is 0 Å². The second kappa shape index (κ2) is 10.4. The highest BCUT2D eigenvalue weighted by Crippen LogP contribution is 2.39. The van der Waals surface area contributed by atoms with Crippen LogP contribution in [-0.2, 0) is 0 Å². The first kappa shape index (κ1) is 22.7. The lowest BCUT2D eigenvalue weighted by Crippen LogP contribution is -2.33. The summed E-state index contributed by atoms with van der Waals surface area (Å²) in [7, 11) is 1.65. The van der Waals surface area contributed by atoms with Gasteiger partial charge in [-0.15, -0.1) is 0 Å². The lowest BCUT2D eigenvalue weighted by atomic mass is 9.93. The number of para-hydroxylation sites is 1. The molecule has 6 nitrogen and oxygen atoms in total. The van der Waals surface area contributed by atoms with Gasteiger partial charge in [-0.1, -0.05) is 24.3 Å². The van der Waals surface area contributed by atoms with Crippen LogP contribution in [0.5, 0.6) is 23.0 Å². The van der Waals surface area contributed by atoms with Gasteiger partial charge in [-0.2, -0.15) is 0 Å². The minimum Gasteiger partial charge on any atom is -0.504 e. The Bertz CT molecular complexity index is 1110. The minimum absolute atomic E-state index is 0.152. The van der Waals surface area contributed by atoms with Gasteiger partial charge in [-0.05, 0) is 67.4 Å². The summed E-state index contributed by atoms with van der Waals surface area (Å²) in [6, 6.07) is 21.3. The van der Waals surface area contributed by atoms with Crippen LogP contribution in [0.2, 0.25) is 0 Å². The van der Waals surface area contributed by atoms with Crippen LogP contribution in [0.25, 0.3) is 0 Å². The molecular weight excluding hydrogens is 416 g/mol. The summed E-state index contributed by atoms with van der Waals surface area (Å²) in [5, 5.41) is 14.5. The maximum Gasteiger partial charge on any atom is 0.162 e. The predicted octanol–water partition coefficient (Wildman–Crippen LogP) is 5.42. The Morgan fingerprint density at radius 3 is 2.42 bits per heavy atom. The molecule has 2 N–H and O–H groups in total. The molecule has 0 unspecified atom stereocenters. The smallest absolute Gasteiger partial charge is 0.162 e. The molecule has 33 heavy (non-hydrogen) atoms. The summed E-state index contributed by atoms with van der Waals surface area (Å²) < 4.78 is 16.6. The van der Waals surface area contributed by atoms with E-state index in [1.807, 2.05) is 74.5 Å². The molecule has 0 saturated heterocycles. The van der Waals surface area contributed by atoms with Gasteiger partial charge in [-0.3, -0.25) is 10.3 Å². The summed E-state index contributed by atoms with van der Waals surface area (Å²) in [6.45, 7) is 4.98. The number of phenolic OH excluding ortho intramolecular Hbond substituents is 1. The Labute approximate surface area is 194 Å². The average molecular weight is 447 g/mol. The maximum absolute atomic E-state index is 10.9. The molecule has 1 heterocycles. The van der Waals surface area contributed by atoms with Gasteiger partial charge in [0.2, 0.25) is 0 Å². The third-order valence-electron chi connectivity index (χ3n) is 5.66. The second-order valence-electron chi connectivity index (χ2n) is 7.76. The number of methoxy groups -OCH3 is 1. The predicted molar refractivity (Wildman–Crippen MR) is 130 cm³/mol. The largest absolute Gasteiger partial charge is 0.504 e. The first-order chi connectivity index (χ1) is 16.1. The van der Waals surface area contributed by atoms with E-state index < -0.39 is 0 Å². The topological polar surface area (TPSA) is 72.3 Å². The number of nitrogens with zero attached hydrogens (tertiary/aromatic N) is 1. The van der Waals surface area contributed by atoms with Gasteiger partial charge in [-0.25, -0.2) is 0 Å². The van der Waals surface area contributed by atoms with Gasteiger partial charge in [0, 0.05) is 23.7 Å². The van der Waals surface area contributed by atoms with Gasteiger partial charge in [0.1, 0.15) is 17.7 Å². The van der Waals surface area contributed by atoms with Crippen molar-refractivity contribution < 1.29 is 19.3 Å². The van der Waals surface area contributed by atoms with Crippen molar-refractivity contribution in [1.82, 2.24) is 5.32 Å². The fraction of sp³-hybridized carbons (Fsp3) is 0.296. The third-order valence-corrected chi connectivity index (χ3v) is 5.66. The Balaban J connectivity index is 1.73. The molecule has 0 aromatic heterocycles. The number of nitrogens with one attached hydrogen (secondary N) is 1. The van der Waals surface area contributed by atoms with E-state index >= 15 is 0 Å². The molecule has 0 spiro atoms. The molecule has 0 radical (unpaired) electrons. The molecule has 0 amide bonds. The van der Waals surface area contributed by atoms with Gasteiger partial charge in [0.15, 0.2) is 11.5 Å². The van der Waals surface area contributed by atoms with E-state index in [-0.39, 0.29) is 18.0 Å². The number of rotatable bonds is 8. The number of aliphatic imine (C=N–C) groups is 1. The molecule has 172 valence electrons. The fourth-order valence-corrected chi connectivity index (χ4v) is 4.07. The van der Waals surface area contributed by atoms with E-state index in [4.69, 9.17) is 19.2 Å². The van der Waals surface area contributed by atoms with Crippen molar-refractivity contribution >= 4 is 5.71 Å². The lowest BCUT2D eigenvalue weighted by molar-refractivity contribution is 0.313. The van der Waals surface area contributed by atoms with E-state index in [2.05, 4.69) is 5.32 Å². The summed E-state index contributed by atoms with van der Waals surface area (Å²) in [4.78, 5) is 5.03. The number of phenols is 1. The number of benzene rings is 3. The molecule has 0 fully saturated rings. The summed E-state index contributed by atoms with van der Waals surface area (Å²) in [5.41, 5.74) is 3.75. The summed E-state index contributed by atoms with van der Waals surface area (Å²) in [6.07, 6.45) is 0.327. The Morgan fingerprint density at radius 1 is 0.939 bits per heavy atom. The summed E-state index contributed by atoms with van der Waals surface area (Å²) >= 11 is 0. The van der Waals surface area contributed by atoms with Gasteiger partial charge >= 0.3 is 0 Å². The van der Waals surface area contributed by atoms with Crippen LogP contribution < -0.4 is 19.5 Å². The maximum atomic E-state index is 10.9. The normalized spacial score (nSPS) is 17.8. The number of aromatic hydroxyl groups is 1. The van der Waals surface area contributed by atoms with E-state index in [9.17, 15) is 5.11 Å². The fourth-order valence-electron chi connectivity index (χ4n) is 4.07. The molecule has 6 heteroatoms.